The standard InChI is InChI=1S/C21H23NO5S/c1-4-26-21(25)18-15-9-6-10-16(15)28-19(18)22-17(23)11-27-20(24)14-8-5-7-12(2)13(14)3/h5,7-8H,4,6,9-11H2,1-3H3,(H,22,23). The number of carbonyl (C=O) groups excluding carboxylic acids is 3. The normalized spacial score (nSPS) is 12.4. The van der Waals surface area contributed by atoms with Gasteiger partial charge in [-0.15, -0.1) is 11.3 Å². The van der Waals surface area contributed by atoms with Gasteiger partial charge in [0.2, 0.25) is 0 Å². The summed E-state index contributed by atoms with van der Waals surface area (Å²) in [4.78, 5) is 38.0. The molecular formula is C21H23NO5S. The molecular weight excluding hydrogens is 378 g/mol. The van der Waals surface area contributed by atoms with E-state index in [-0.39, 0.29) is 6.61 Å². The van der Waals surface area contributed by atoms with Crippen LogP contribution in [0.5, 0.6) is 0 Å². The monoisotopic (exact) mass is 401 g/mol. The molecule has 3 rings (SSSR count). The number of fused-ring (bicyclic) bond motifs is 1. The number of carbonyl (C=O) groups is 3. The highest BCUT2D eigenvalue weighted by Crippen LogP contribution is 2.39. The van der Waals surface area contributed by atoms with Gasteiger partial charge in [0, 0.05) is 4.88 Å². The highest BCUT2D eigenvalue weighted by atomic mass is 32.1. The number of nitrogens with one attached hydrogen (secondary N) is 1. The number of hydrogen-bond donors (Lipinski definition) is 1. The van der Waals surface area contributed by atoms with Gasteiger partial charge in [0.1, 0.15) is 5.00 Å². The SMILES string of the molecule is CCOC(=O)c1c(NC(=O)COC(=O)c2cccc(C)c2C)sc2c1CCC2. The third-order valence-electron chi connectivity index (χ3n) is 4.81. The van der Waals surface area contributed by atoms with Crippen molar-refractivity contribution < 1.29 is 23.9 Å². The van der Waals surface area contributed by atoms with Gasteiger partial charge >= 0.3 is 11.9 Å². The van der Waals surface area contributed by atoms with Crippen LogP contribution in [0.25, 0.3) is 0 Å². The zero-order chi connectivity index (χ0) is 20.3. The fourth-order valence-corrected chi connectivity index (χ4v) is 4.55. The lowest BCUT2D eigenvalue weighted by Crippen LogP contribution is -2.22. The van der Waals surface area contributed by atoms with E-state index in [9.17, 15) is 14.4 Å². The molecule has 0 saturated carbocycles. The smallest absolute Gasteiger partial charge is 0.341 e. The van der Waals surface area contributed by atoms with Crippen LogP contribution >= 0.6 is 11.3 Å². The van der Waals surface area contributed by atoms with E-state index in [1.165, 1.54) is 11.3 Å². The summed E-state index contributed by atoms with van der Waals surface area (Å²) in [5.41, 5.74) is 3.65. The maximum atomic E-state index is 12.3. The molecule has 0 spiro atoms. The first-order valence-electron chi connectivity index (χ1n) is 9.27. The lowest BCUT2D eigenvalue weighted by molar-refractivity contribution is -0.119. The average Bonchev–Trinajstić information content (AvgIpc) is 3.22. The molecule has 0 atom stereocenters. The van der Waals surface area contributed by atoms with E-state index in [4.69, 9.17) is 9.47 Å². The van der Waals surface area contributed by atoms with Crippen LogP contribution in [0.15, 0.2) is 18.2 Å². The van der Waals surface area contributed by atoms with Gasteiger partial charge in [0.15, 0.2) is 6.61 Å². The predicted octanol–water partition coefficient (Wildman–Crippen LogP) is 3.83. The van der Waals surface area contributed by atoms with E-state index in [0.29, 0.717) is 16.1 Å². The topological polar surface area (TPSA) is 81.7 Å². The Hall–Kier alpha value is -2.67. The second-order valence-corrected chi connectivity index (χ2v) is 7.76. The van der Waals surface area contributed by atoms with Gasteiger partial charge in [0.25, 0.3) is 5.91 Å². The Kier molecular flexibility index (Phi) is 6.14. The minimum absolute atomic E-state index is 0.268. The number of aryl methyl sites for hydroxylation is 2. The molecule has 28 heavy (non-hydrogen) atoms. The second kappa shape index (κ2) is 8.56. The molecule has 6 nitrogen and oxygen atoms in total. The number of thiophene rings is 1. The first-order chi connectivity index (χ1) is 13.4. The number of amides is 1. The molecule has 7 heteroatoms. The van der Waals surface area contributed by atoms with Crippen molar-refractivity contribution >= 4 is 34.2 Å². The summed E-state index contributed by atoms with van der Waals surface area (Å²) in [6.45, 7) is 5.34. The van der Waals surface area contributed by atoms with Gasteiger partial charge in [-0.3, -0.25) is 4.79 Å². The van der Waals surface area contributed by atoms with Crippen molar-refractivity contribution in [3.8, 4) is 0 Å². The van der Waals surface area contributed by atoms with Crippen molar-refractivity contribution in [3.05, 3.63) is 50.9 Å². The molecule has 0 unspecified atom stereocenters. The summed E-state index contributed by atoms with van der Waals surface area (Å²) in [5.74, 6) is -1.45. The molecule has 0 fully saturated rings. The number of benzene rings is 1. The van der Waals surface area contributed by atoms with Crippen LogP contribution in [0.4, 0.5) is 5.00 Å². The molecule has 1 aromatic carbocycles. The molecule has 0 bridgehead atoms. The van der Waals surface area contributed by atoms with Gasteiger partial charge in [-0.1, -0.05) is 12.1 Å². The number of ether oxygens (including phenoxy) is 2. The van der Waals surface area contributed by atoms with Gasteiger partial charge in [-0.2, -0.15) is 0 Å². The Balaban J connectivity index is 1.68. The molecule has 0 aliphatic heterocycles. The zero-order valence-electron chi connectivity index (χ0n) is 16.2. The van der Waals surface area contributed by atoms with E-state index in [0.717, 1.165) is 40.8 Å². The van der Waals surface area contributed by atoms with Crippen molar-refractivity contribution in [3.63, 3.8) is 0 Å². The summed E-state index contributed by atoms with van der Waals surface area (Å²) < 4.78 is 10.3. The highest BCUT2D eigenvalue weighted by molar-refractivity contribution is 7.17. The summed E-state index contributed by atoms with van der Waals surface area (Å²) in [5, 5.41) is 3.18. The van der Waals surface area contributed by atoms with Crippen LogP contribution in [-0.2, 0) is 27.1 Å². The van der Waals surface area contributed by atoms with E-state index in [1.807, 2.05) is 19.9 Å². The van der Waals surface area contributed by atoms with E-state index < -0.39 is 24.5 Å². The van der Waals surface area contributed by atoms with E-state index in [1.54, 1.807) is 19.1 Å². The summed E-state index contributed by atoms with van der Waals surface area (Å²) >= 11 is 1.39. The highest BCUT2D eigenvalue weighted by Gasteiger charge is 2.28. The number of rotatable bonds is 6. The van der Waals surface area contributed by atoms with Crippen molar-refractivity contribution in [1.82, 2.24) is 0 Å². The summed E-state index contributed by atoms with van der Waals surface area (Å²) in [6, 6.07) is 5.36. The third-order valence-corrected chi connectivity index (χ3v) is 6.02. The molecule has 1 aliphatic rings. The fraction of sp³-hybridized carbons (Fsp3) is 0.381. The third kappa shape index (κ3) is 4.09. The Morgan fingerprint density at radius 2 is 1.89 bits per heavy atom. The Labute approximate surface area is 167 Å². The number of hydrogen-bond acceptors (Lipinski definition) is 6. The van der Waals surface area contributed by atoms with Crippen molar-refractivity contribution in [1.29, 1.82) is 0 Å². The van der Waals surface area contributed by atoms with Crippen LogP contribution in [0.1, 0.15) is 55.6 Å². The molecule has 1 N–H and O–H groups in total. The maximum Gasteiger partial charge on any atom is 0.341 e. The minimum Gasteiger partial charge on any atom is -0.462 e. The number of esters is 2. The van der Waals surface area contributed by atoms with Crippen LogP contribution in [0.2, 0.25) is 0 Å². The quantitative estimate of drug-likeness (QED) is 0.744. The molecule has 1 heterocycles. The first-order valence-corrected chi connectivity index (χ1v) is 10.1. The Morgan fingerprint density at radius 3 is 2.64 bits per heavy atom. The first kappa shape index (κ1) is 20.1. The van der Waals surface area contributed by atoms with Crippen LogP contribution in [0.3, 0.4) is 0 Å². The second-order valence-electron chi connectivity index (χ2n) is 6.65. The molecule has 1 amide bonds. The molecule has 1 aliphatic carbocycles. The molecule has 0 radical (unpaired) electrons. The van der Waals surface area contributed by atoms with Crippen LogP contribution in [-0.4, -0.2) is 31.1 Å². The van der Waals surface area contributed by atoms with Gasteiger partial charge in [0.05, 0.1) is 17.7 Å². The zero-order valence-corrected chi connectivity index (χ0v) is 17.0. The largest absolute Gasteiger partial charge is 0.462 e. The molecule has 0 saturated heterocycles. The fourth-order valence-electron chi connectivity index (χ4n) is 3.26. The van der Waals surface area contributed by atoms with Crippen molar-refractivity contribution in [2.75, 3.05) is 18.5 Å². The lowest BCUT2D eigenvalue weighted by Gasteiger charge is -2.10. The average molecular weight is 401 g/mol. The van der Waals surface area contributed by atoms with Crippen LogP contribution < -0.4 is 5.32 Å². The molecule has 2 aromatic rings. The van der Waals surface area contributed by atoms with Crippen molar-refractivity contribution in [2.45, 2.75) is 40.0 Å². The lowest BCUT2D eigenvalue weighted by atomic mass is 10.0. The van der Waals surface area contributed by atoms with Gasteiger partial charge in [-0.05, 0) is 62.8 Å². The van der Waals surface area contributed by atoms with Crippen LogP contribution in [0, 0.1) is 13.8 Å². The van der Waals surface area contributed by atoms with E-state index in [2.05, 4.69) is 5.32 Å². The summed E-state index contributed by atoms with van der Waals surface area (Å²) in [7, 11) is 0. The molecule has 148 valence electrons. The maximum absolute atomic E-state index is 12.3. The predicted molar refractivity (Wildman–Crippen MR) is 107 cm³/mol. The van der Waals surface area contributed by atoms with Gasteiger partial charge in [-0.25, -0.2) is 9.59 Å². The van der Waals surface area contributed by atoms with E-state index >= 15 is 0 Å². The summed E-state index contributed by atoms with van der Waals surface area (Å²) in [6.07, 6.45) is 2.69. The van der Waals surface area contributed by atoms with Gasteiger partial charge < -0.3 is 14.8 Å². The molecule has 1 aromatic heterocycles. The number of anilines is 1. The Morgan fingerprint density at radius 1 is 1.11 bits per heavy atom. The Bertz CT molecular complexity index is 931. The minimum atomic E-state index is -0.546. The van der Waals surface area contributed by atoms with Crippen molar-refractivity contribution in [2.24, 2.45) is 0 Å².